The molecular formula is C21H24ClN3O2. The van der Waals surface area contributed by atoms with Gasteiger partial charge in [0.2, 0.25) is 0 Å². The summed E-state index contributed by atoms with van der Waals surface area (Å²) in [5.74, 6) is -0.0739. The van der Waals surface area contributed by atoms with Gasteiger partial charge in [-0.3, -0.25) is 4.79 Å². The van der Waals surface area contributed by atoms with Gasteiger partial charge >= 0.3 is 0 Å². The van der Waals surface area contributed by atoms with Gasteiger partial charge in [0.05, 0.1) is 23.8 Å². The molecule has 1 aromatic carbocycles. The second-order valence-electron chi connectivity index (χ2n) is 7.13. The van der Waals surface area contributed by atoms with Crippen molar-refractivity contribution in [2.24, 2.45) is 0 Å². The number of ether oxygens (including phenoxy) is 1. The first-order valence-electron chi connectivity index (χ1n) is 9.54. The van der Waals surface area contributed by atoms with Crippen LogP contribution in [0, 0.1) is 0 Å². The van der Waals surface area contributed by atoms with Gasteiger partial charge in [0.25, 0.3) is 5.91 Å². The highest BCUT2D eigenvalue weighted by Gasteiger charge is 2.38. The van der Waals surface area contributed by atoms with Gasteiger partial charge in [-0.05, 0) is 43.6 Å². The predicted octanol–water partition coefficient (Wildman–Crippen LogP) is 3.41. The first kappa shape index (κ1) is 18.4. The molecule has 5 nitrogen and oxygen atoms in total. The standard InChI is InChI=1S/C21H24ClN3O2/c22-17-8-9-18(23-14-17)21(26)25-12-13-27-19(15-24-10-4-5-11-24)20(25)16-6-2-1-3-7-16/h1-3,6-9,14,19-20H,4-5,10-13,15H2/t19-,20-/m0/s1. The molecule has 2 saturated heterocycles. The van der Waals surface area contributed by atoms with Crippen LogP contribution in [0.5, 0.6) is 0 Å². The molecule has 3 heterocycles. The van der Waals surface area contributed by atoms with E-state index < -0.39 is 0 Å². The third kappa shape index (κ3) is 4.15. The fourth-order valence-electron chi connectivity index (χ4n) is 4.03. The number of nitrogens with zero attached hydrogens (tertiary/aromatic N) is 3. The summed E-state index contributed by atoms with van der Waals surface area (Å²) in [5.41, 5.74) is 1.52. The topological polar surface area (TPSA) is 45.7 Å². The molecule has 2 aromatic rings. The lowest BCUT2D eigenvalue weighted by Gasteiger charge is -2.42. The van der Waals surface area contributed by atoms with Crippen molar-refractivity contribution in [1.29, 1.82) is 0 Å². The molecular weight excluding hydrogens is 362 g/mol. The molecule has 2 fully saturated rings. The van der Waals surface area contributed by atoms with Crippen LogP contribution in [0.15, 0.2) is 48.7 Å². The van der Waals surface area contributed by atoms with Crippen LogP contribution in [0.4, 0.5) is 0 Å². The zero-order valence-electron chi connectivity index (χ0n) is 15.3. The van der Waals surface area contributed by atoms with Gasteiger partial charge in [0.15, 0.2) is 0 Å². The van der Waals surface area contributed by atoms with E-state index >= 15 is 0 Å². The van der Waals surface area contributed by atoms with Crippen LogP contribution < -0.4 is 0 Å². The first-order chi connectivity index (χ1) is 13.2. The molecule has 2 aliphatic rings. The molecule has 0 aliphatic carbocycles. The normalized spacial score (nSPS) is 23.5. The molecule has 4 rings (SSSR count). The number of morpholine rings is 1. The smallest absolute Gasteiger partial charge is 0.273 e. The Hall–Kier alpha value is -1.95. The predicted molar refractivity (Wildman–Crippen MR) is 105 cm³/mol. The molecule has 0 unspecified atom stereocenters. The van der Waals surface area contributed by atoms with Crippen molar-refractivity contribution in [1.82, 2.24) is 14.8 Å². The molecule has 0 radical (unpaired) electrons. The molecule has 0 N–H and O–H groups in total. The Bertz CT molecular complexity index is 763. The lowest BCUT2D eigenvalue weighted by atomic mass is 9.97. The molecule has 1 aromatic heterocycles. The Morgan fingerprint density at radius 2 is 1.89 bits per heavy atom. The summed E-state index contributed by atoms with van der Waals surface area (Å²) >= 11 is 5.93. The van der Waals surface area contributed by atoms with E-state index in [-0.39, 0.29) is 18.1 Å². The van der Waals surface area contributed by atoms with Crippen molar-refractivity contribution in [2.75, 3.05) is 32.8 Å². The fraction of sp³-hybridized carbons (Fsp3) is 0.429. The minimum atomic E-state index is -0.120. The van der Waals surface area contributed by atoms with Crippen molar-refractivity contribution >= 4 is 17.5 Å². The van der Waals surface area contributed by atoms with Crippen molar-refractivity contribution in [3.8, 4) is 0 Å². The summed E-state index contributed by atoms with van der Waals surface area (Å²) in [6.07, 6.45) is 3.95. The summed E-state index contributed by atoms with van der Waals surface area (Å²) in [5, 5.41) is 0.528. The number of carbonyl (C=O) groups excluding carboxylic acids is 1. The molecule has 6 heteroatoms. The van der Waals surface area contributed by atoms with Gasteiger partial charge in [0, 0.05) is 19.3 Å². The minimum absolute atomic E-state index is 0.0458. The van der Waals surface area contributed by atoms with Crippen LogP contribution in [-0.2, 0) is 4.74 Å². The van der Waals surface area contributed by atoms with E-state index in [0.29, 0.717) is 23.9 Å². The van der Waals surface area contributed by atoms with E-state index in [1.807, 2.05) is 23.1 Å². The van der Waals surface area contributed by atoms with Crippen molar-refractivity contribution in [3.63, 3.8) is 0 Å². The van der Waals surface area contributed by atoms with Crippen LogP contribution in [0.2, 0.25) is 5.02 Å². The zero-order chi connectivity index (χ0) is 18.6. The Morgan fingerprint density at radius 1 is 1.11 bits per heavy atom. The van der Waals surface area contributed by atoms with E-state index in [0.717, 1.165) is 25.2 Å². The number of halogens is 1. The highest BCUT2D eigenvalue weighted by atomic mass is 35.5. The molecule has 0 spiro atoms. The first-order valence-corrected chi connectivity index (χ1v) is 9.91. The summed E-state index contributed by atoms with van der Waals surface area (Å²) < 4.78 is 6.17. The van der Waals surface area contributed by atoms with E-state index in [1.54, 1.807) is 12.1 Å². The second-order valence-corrected chi connectivity index (χ2v) is 7.57. The Labute approximate surface area is 164 Å². The van der Waals surface area contributed by atoms with Crippen LogP contribution in [-0.4, -0.2) is 59.6 Å². The van der Waals surface area contributed by atoms with Crippen molar-refractivity contribution in [2.45, 2.75) is 25.0 Å². The summed E-state index contributed by atoms with van der Waals surface area (Å²) in [4.78, 5) is 21.8. The van der Waals surface area contributed by atoms with E-state index in [2.05, 4.69) is 22.0 Å². The van der Waals surface area contributed by atoms with E-state index in [1.165, 1.54) is 19.0 Å². The average Bonchev–Trinajstić information content (AvgIpc) is 3.22. The van der Waals surface area contributed by atoms with Gasteiger partial charge in [0.1, 0.15) is 5.69 Å². The molecule has 27 heavy (non-hydrogen) atoms. The molecule has 2 atom stereocenters. The Balaban J connectivity index is 1.63. The van der Waals surface area contributed by atoms with Gasteiger partial charge in [-0.2, -0.15) is 0 Å². The SMILES string of the molecule is O=C(c1ccc(Cl)cn1)N1CCO[C@@H](CN2CCCC2)[C@@H]1c1ccccc1. The van der Waals surface area contributed by atoms with Gasteiger partial charge in [-0.1, -0.05) is 41.9 Å². The Morgan fingerprint density at radius 3 is 2.59 bits per heavy atom. The quantitative estimate of drug-likeness (QED) is 0.809. The Kier molecular flexibility index (Phi) is 5.72. The maximum absolute atomic E-state index is 13.2. The number of aromatic nitrogens is 1. The molecule has 0 saturated carbocycles. The molecule has 2 aliphatic heterocycles. The zero-order valence-corrected chi connectivity index (χ0v) is 16.0. The second kappa shape index (κ2) is 8.38. The minimum Gasteiger partial charge on any atom is -0.373 e. The molecule has 142 valence electrons. The van der Waals surface area contributed by atoms with Crippen molar-refractivity contribution < 1.29 is 9.53 Å². The molecule has 0 bridgehead atoms. The highest BCUT2D eigenvalue weighted by Crippen LogP contribution is 2.32. The van der Waals surface area contributed by atoms with Crippen LogP contribution in [0.25, 0.3) is 0 Å². The van der Waals surface area contributed by atoms with Crippen LogP contribution >= 0.6 is 11.6 Å². The monoisotopic (exact) mass is 385 g/mol. The third-order valence-electron chi connectivity index (χ3n) is 5.34. The summed E-state index contributed by atoms with van der Waals surface area (Å²) in [7, 11) is 0. The lowest BCUT2D eigenvalue weighted by molar-refractivity contribution is -0.0708. The van der Waals surface area contributed by atoms with Crippen molar-refractivity contribution in [3.05, 3.63) is 64.9 Å². The fourth-order valence-corrected chi connectivity index (χ4v) is 4.14. The number of likely N-dealkylation sites (tertiary alicyclic amines) is 1. The van der Waals surface area contributed by atoms with Crippen LogP contribution in [0.3, 0.4) is 0 Å². The van der Waals surface area contributed by atoms with Gasteiger partial charge in [-0.25, -0.2) is 4.98 Å². The summed E-state index contributed by atoms with van der Waals surface area (Å²) in [6.45, 7) is 4.15. The number of carbonyl (C=O) groups is 1. The summed E-state index contributed by atoms with van der Waals surface area (Å²) in [6, 6.07) is 13.5. The number of rotatable bonds is 4. The molecule has 1 amide bonds. The lowest BCUT2D eigenvalue weighted by Crippen LogP contribution is -2.51. The number of pyridine rings is 1. The number of hydrogen-bond donors (Lipinski definition) is 0. The number of benzene rings is 1. The maximum atomic E-state index is 13.2. The van der Waals surface area contributed by atoms with E-state index in [4.69, 9.17) is 16.3 Å². The van der Waals surface area contributed by atoms with Gasteiger partial charge < -0.3 is 14.5 Å². The maximum Gasteiger partial charge on any atom is 0.273 e. The highest BCUT2D eigenvalue weighted by molar-refractivity contribution is 6.30. The largest absolute Gasteiger partial charge is 0.373 e. The van der Waals surface area contributed by atoms with E-state index in [9.17, 15) is 4.79 Å². The number of hydrogen-bond acceptors (Lipinski definition) is 4. The third-order valence-corrected chi connectivity index (χ3v) is 5.56. The van der Waals surface area contributed by atoms with Crippen LogP contribution in [0.1, 0.15) is 34.9 Å². The average molecular weight is 386 g/mol. The van der Waals surface area contributed by atoms with Gasteiger partial charge in [-0.15, -0.1) is 0 Å². The number of amides is 1.